The Morgan fingerprint density at radius 3 is 2.74 bits per heavy atom. The summed E-state index contributed by atoms with van der Waals surface area (Å²) in [5, 5.41) is 6.44. The fourth-order valence-corrected chi connectivity index (χ4v) is 2.84. The largest absolute Gasteiger partial charge is 0.385 e. The summed E-state index contributed by atoms with van der Waals surface area (Å²) >= 11 is 0. The average Bonchev–Trinajstić information content (AvgIpc) is 2.75. The second-order valence-corrected chi connectivity index (χ2v) is 5.55. The van der Waals surface area contributed by atoms with Crippen LogP contribution in [0.1, 0.15) is 49.0 Å². The minimum Gasteiger partial charge on any atom is -0.385 e. The maximum Gasteiger partial charge on any atom is 0.251 e. The Labute approximate surface area is 115 Å². The number of amides is 1. The minimum atomic E-state index is 0.0688. The Kier molecular flexibility index (Phi) is 4.46. The lowest BCUT2D eigenvalue weighted by Gasteiger charge is -2.18. The van der Waals surface area contributed by atoms with Crippen molar-refractivity contribution in [3.05, 3.63) is 29.3 Å². The van der Waals surface area contributed by atoms with Gasteiger partial charge in [-0.05, 0) is 56.4 Å². The van der Waals surface area contributed by atoms with E-state index in [0.29, 0.717) is 12.0 Å². The van der Waals surface area contributed by atoms with Crippen LogP contribution in [0.5, 0.6) is 0 Å². The van der Waals surface area contributed by atoms with Crippen molar-refractivity contribution in [2.24, 2.45) is 5.92 Å². The maximum atomic E-state index is 12.3. The number of anilines is 1. The molecule has 2 atom stereocenters. The van der Waals surface area contributed by atoms with E-state index in [9.17, 15) is 4.79 Å². The Morgan fingerprint density at radius 1 is 1.37 bits per heavy atom. The molecule has 0 aromatic heterocycles. The highest BCUT2D eigenvalue weighted by Gasteiger charge is 2.25. The number of carbonyl (C=O) groups excluding carboxylic acids is 1. The Hall–Kier alpha value is -1.51. The van der Waals surface area contributed by atoms with Crippen LogP contribution in [0, 0.1) is 12.8 Å². The third-order valence-corrected chi connectivity index (χ3v) is 4.03. The molecule has 19 heavy (non-hydrogen) atoms. The SMILES string of the molecule is CCNc1ccc(C(=O)NC2CCCC2C)c(C)c1. The van der Waals surface area contributed by atoms with Crippen LogP contribution < -0.4 is 10.6 Å². The van der Waals surface area contributed by atoms with Crippen molar-refractivity contribution >= 4 is 11.6 Å². The normalized spacial score (nSPS) is 22.3. The van der Waals surface area contributed by atoms with E-state index in [-0.39, 0.29) is 5.91 Å². The molecule has 1 fully saturated rings. The van der Waals surface area contributed by atoms with Crippen LogP contribution in [-0.4, -0.2) is 18.5 Å². The minimum absolute atomic E-state index is 0.0688. The summed E-state index contributed by atoms with van der Waals surface area (Å²) in [6.45, 7) is 7.18. The van der Waals surface area contributed by atoms with Gasteiger partial charge in [0.1, 0.15) is 0 Å². The molecule has 0 radical (unpaired) electrons. The zero-order valence-corrected chi connectivity index (χ0v) is 12.1. The van der Waals surface area contributed by atoms with E-state index in [2.05, 4.69) is 24.5 Å². The van der Waals surface area contributed by atoms with E-state index in [1.165, 1.54) is 12.8 Å². The molecule has 2 rings (SSSR count). The van der Waals surface area contributed by atoms with Gasteiger partial charge in [0.2, 0.25) is 0 Å². The third-order valence-electron chi connectivity index (χ3n) is 4.03. The summed E-state index contributed by atoms with van der Waals surface area (Å²) < 4.78 is 0. The molecule has 3 heteroatoms. The van der Waals surface area contributed by atoms with Gasteiger partial charge in [0.15, 0.2) is 0 Å². The molecule has 1 aliphatic rings. The molecule has 2 unspecified atom stereocenters. The predicted molar refractivity (Wildman–Crippen MR) is 79.6 cm³/mol. The fourth-order valence-electron chi connectivity index (χ4n) is 2.84. The number of hydrogen-bond acceptors (Lipinski definition) is 2. The highest BCUT2D eigenvalue weighted by molar-refractivity contribution is 5.96. The first-order valence-electron chi connectivity index (χ1n) is 7.27. The van der Waals surface area contributed by atoms with Crippen molar-refractivity contribution < 1.29 is 4.79 Å². The number of nitrogens with one attached hydrogen (secondary N) is 2. The van der Waals surface area contributed by atoms with Crippen LogP contribution in [0.2, 0.25) is 0 Å². The number of benzene rings is 1. The van der Waals surface area contributed by atoms with Crippen molar-refractivity contribution in [1.82, 2.24) is 5.32 Å². The molecule has 0 heterocycles. The van der Waals surface area contributed by atoms with Crippen molar-refractivity contribution in [2.75, 3.05) is 11.9 Å². The van der Waals surface area contributed by atoms with Gasteiger partial charge >= 0.3 is 0 Å². The summed E-state index contributed by atoms with van der Waals surface area (Å²) in [6.07, 6.45) is 3.56. The summed E-state index contributed by atoms with van der Waals surface area (Å²) in [5.74, 6) is 0.671. The lowest BCUT2D eigenvalue weighted by Crippen LogP contribution is -2.36. The van der Waals surface area contributed by atoms with Gasteiger partial charge in [0.05, 0.1) is 0 Å². The second kappa shape index (κ2) is 6.09. The highest BCUT2D eigenvalue weighted by Crippen LogP contribution is 2.25. The first kappa shape index (κ1) is 13.9. The van der Waals surface area contributed by atoms with Gasteiger partial charge in [-0.25, -0.2) is 0 Å². The monoisotopic (exact) mass is 260 g/mol. The first-order chi connectivity index (χ1) is 9.11. The predicted octanol–water partition coefficient (Wildman–Crippen LogP) is 3.35. The second-order valence-electron chi connectivity index (χ2n) is 5.55. The Bertz CT molecular complexity index is 456. The molecule has 1 aromatic rings. The summed E-state index contributed by atoms with van der Waals surface area (Å²) in [6, 6.07) is 6.28. The average molecular weight is 260 g/mol. The van der Waals surface area contributed by atoms with E-state index in [1.807, 2.05) is 25.1 Å². The molecular formula is C16H24N2O. The number of carbonyl (C=O) groups is 1. The lowest BCUT2D eigenvalue weighted by atomic mass is 10.0. The zero-order chi connectivity index (χ0) is 13.8. The fraction of sp³-hybridized carbons (Fsp3) is 0.562. The molecule has 1 amide bonds. The summed E-state index contributed by atoms with van der Waals surface area (Å²) in [4.78, 5) is 12.3. The lowest BCUT2D eigenvalue weighted by molar-refractivity contribution is 0.0929. The van der Waals surface area contributed by atoms with Crippen molar-refractivity contribution in [1.29, 1.82) is 0 Å². The van der Waals surface area contributed by atoms with E-state index in [4.69, 9.17) is 0 Å². The summed E-state index contributed by atoms with van der Waals surface area (Å²) in [7, 11) is 0. The molecule has 0 saturated heterocycles. The molecule has 1 aliphatic carbocycles. The van der Waals surface area contributed by atoms with Gasteiger partial charge in [-0.3, -0.25) is 4.79 Å². The van der Waals surface area contributed by atoms with Crippen LogP contribution in [0.4, 0.5) is 5.69 Å². The molecule has 3 nitrogen and oxygen atoms in total. The summed E-state index contributed by atoms with van der Waals surface area (Å²) in [5.41, 5.74) is 2.90. The molecule has 0 aliphatic heterocycles. The van der Waals surface area contributed by atoms with Gasteiger partial charge < -0.3 is 10.6 Å². The van der Waals surface area contributed by atoms with E-state index < -0.39 is 0 Å². The molecule has 104 valence electrons. The van der Waals surface area contributed by atoms with Crippen molar-refractivity contribution in [3.8, 4) is 0 Å². The molecule has 1 aromatic carbocycles. The molecular weight excluding hydrogens is 236 g/mol. The van der Waals surface area contributed by atoms with E-state index in [0.717, 1.165) is 29.8 Å². The highest BCUT2D eigenvalue weighted by atomic mass is 16.1. The topological polar surface area (TPSA) is 41.1 Å². The van der Waals surface area contributed by atoms with Gasteiger partial charge in [-0.15, -0.1) is 0 Å². The van der Waals surface area contributed by atoms with Crippen LogP contribution in [0.15, 0.2) is 18.2 Å². The van der Waals surface area contributed by atoms with Crippen LogP contribution >= 0.6 is 0 Å². The Balaban J connectivity index is 2.06. The van der Waals surface area contributed by atoms with E-state index >= 15 is 0 Å². The van der Waals surface area contributed by atoms with Gasteiger partial charge in [0.25, 0.3) is 5.91 Å². The van der Waals surface area contributed by atoms with Gasteiger partial charge in [-0.2, -0.15) is 0 Å². The number of hydrogen-bond donors (Lipinski definition) is 2. The maximum absolute atomic E-state index is 12.3. The van der Waals surface area contributed by atoms with Gasteiger partial charge in [0, 0.05) is 23.8 Å². The smallest absolute Gasteiger partial charge is 0.251 e. The van der Waals surface area contributed by atoms with Crippen molar-refractivity contribution in [3.63, 3.8) is 0 Å². The molecule has 2 N–H and O–H groups in total. The standard InChI is InChI=1S/C16H24N2O/c1-4-17-13-8-9-14(12(3)10-13)16(19)18-15-7-5-6-11(15)2/h8-11,15,17H,4-7H2,1-3H3,(H,18,19). The Morgan fingerprint density at radius 2 is 2.16 bits per heavy atom. The van der Waals surface area contributed by atoms with Crippen molar-refractivity contribution in [2.45, 2.75) is 46.1 Å². The molecule has 0 bridgehead atoms. The molecule has 0 spiro atoms. The van der Waals surface area contributed by atoms with E-state index in [1.54, 1.807) is 0 Å². The van der Waals surface area contributed by atoms with Crippen LogP contribution in [-0.2, 0) is 0 Å². The number of rotatable bonds is 4. The third kappa shape index (κ3) is 3.28. The van der Waals surface area contributed by atoms with Crippen LogP contribution in [0.25, 0.3) is 0 Å². The van der Waals surface area contributed by atoms with Gasteiger partial charge in [-0.1, -0.05) is 13.3 Å². The van der Waals surface area contributed by atoms with Crippen LogP contribution in [0.3, 0.4) is 0 Å². The zero-order valence-electron chi connectivity index (χ0n) is 12.1. The molecule has 1 saturated carbocycles. The first-order valence-corrected chi connectivity index (χ1v) is 7.27. The number of aryl methyl sites for hydroxylation is 1. The quantitative estimate of drug-likeness (QED) is 0.871.